The molecular weight excluding hydrogens is 347 g/mol. The van der Waals surface area contributed by atoms with E-state index < -0.39 is 22.3 Å². The van der Waals surface area contributed by atoms with E-state index in [0.29, 0.717) is 23.5 Å². The zero-order valence-corrected chi connectivity index (χ0v) is 15.2. The van der Waals surface area contributed by atoms with E-state index in [0.717, 1.165) is 11.0 Å². The largest absolute Gasteiger partial charge is 0.322 e. The molecule has 0 radical (unpaired) electrons. The number of nitrogens with two attached hydrogens (primary N) is 1. The molecule has 1 heterocycles. The summed E-state index contributed by atoms with van der Waals surface area (Å²) in [6.07, 6.45) is 0.728. The number of aryl methyl sites for hydroxylation is 1. The predicted octanol–water partition coefficient (Wildman–Crippen LogP) is 2.11. The van der Waals surface area contributed by atoms with Crippen LogP contribution in [-0.2, 0) is 6.54 Å². The normalized spacial score (nSPS) is 12.1. The van der Waals surface area contributed by atoms with E-state index in [2.05, 4.69) is 5.10 Å². The molecule has 27 heavy (non-hydrogen) atoms. The highest BCUT2D eigenvalue weighted by molar-refractivity contribution is 5.76. The maximum Gasteiger partial charge on any atom is 0.289 e. The minimum Gasteiger partial charge on any atom is -0.322 e. The van der Waals surface area contributed by atoms with E-state index in [4.69, 9.17) is 5.84 Å². The van der Waals surface area contributed by atoms with E-state index >= 15 is 0 Å². The van der Waals surface area contributed by atoms with Gasteiger partial charge in [-0.05, 0) is 36.6 Å². The minimum absolute atomic E-state index is 0.0367. The lowest BCUT2D eigenvalue weighted by molar-refractivity contribution is 0.516. The van der Waals surface area contributed by atoms with Crippen molar-refractivity contribution in [3.05, 3.63) is 80.4 Å². The average molecular weight is 368 g/mol. The molecule has 0 bridgehead atoms. The molecule has 0 spiro atoms. The quantitative estimate of drug-likeness (QED) is 0.566. The van der Waals surface area contributed by atoms with Gasteiger partial charge in [-0.25, -0.2) is 4.39 Å². The lowest BCUT2D eigenvalue weighted by Crippen LogP contribution is -2.45. The molecule has 1 aromatic heterocycles. The van der Waals surface area contributed by atoms with E-state index in [9.17, 15) is 14.0 Å². The Morgan fingerprint density at radius 1 is 1.00 bits per heavy atom. The maximum atomic E-state index is 14.5. The molecule has 0 aliphatic rings. The van der Waals surface area contributed by atoms with Crippen LogP contribution in [0.5, 0.6) is 0 Å². The third-order valence-corrected chi connectivity index (χ3v) is 4.42. The molecule has 3 rings (SSSR count). The summed E-state index contributed by atoms with van der Waals surface area (Å²) in [5, 5.41) is 3.01. The van der Waals surface area contributed by atoms with Crippen molar-refractivity contribution in [1.82, 2.24) is 9.13 Å². The first-order chi connectivity index (χ1) is 13.0. The van der Waals surface area contributed by atoms with Gasteiger partial charge in [0.2, 0.25) is 5.36 Å². The second kappa shape index (κ2) is 7.57. The van der Waals surface area contributed by atoms with Crippen molar-refractivity contribution in [3.63, 3.8) is 0 Å². The van der Waals surface area contributed by atoms with Crippen molar-refractivity contribution in [2.75, 3.05) is 0 Å². The highest BCUT2D eigenvalue weighted by Crippen LogP contribution is 2.17. The number of fused-ring (bicyclic) bond motifs is 1. The molecule has 0 fully saturated rings. The van der Waals surface area contributed by atoms with Gasteiger partial charge in [0, 0.05) is 6.54 Å². The Morgan fingerprint density at radius 3 is 2.26 bits per heavy atom. The third kappa shape index (κ3) is 3.40. The van der Waals surface area contributed by atoms with Gasteiger partial charge in [-0.2, -0.15) is 5.10 Å². The first-order valence-electron chi connectivity index (χ1n) is 8.73. The lowest BCUT2D eigenvalue weighted by Gasteiger charge is -2.11. The Morgan fingerprint density at radius 2 is 1.63 bits per heavy atom. The Balaban J connectivity index is 2.57. The summed E-state index contributed by atoms with van der Waals surface area (Å²) in [6, 6.07) is 12.8. The van der Waals surface area contributed by atoms with Crippen LogP contribution < -0.4 is 22.3 Å². The minimum atomic E-state index is -0.757. The summed E-state index contributed by atoms with van der Waals surface area (Å²) in [6.45, 7) is 4.48. The molecule has 0 aliphatic carbocycles. The summed E-state index contributed by atoms with van der Waals surface area (Å²) in [5.74, 6) is 5.15. The molecular formula is C20H21FN4O2. The van der Waals surface area contributed by atoms with Crippen molar-refractivity contribution in [3.8, 4) is 5.69 Å². The van der Waals surface area contributed by atoms with Gasteiger partial charge < -0.3 is 10.4 Å². The summed E-state index contributed by atoms with van der Waals surface area (Å²) in [4.78, 5) is 26.1. The topological polar surface area (TPSA) is 82.4 Å². The molecule has 0 atom stereocenters. The van der Waals surface area contributed by atoms with E-state index in [1.165, 1.54) is 22.8 Å². The van der Waals surface area contributed by atoms with Crippen LogP contribution in [0.2, 0.25) is 0 Å². The molecule has 2 aromatic carbocycles. The van der Waals surface area contributed by atoms with Crippen molar-refractivity contribution in [1.29, 1.82) is 0 Å². The number of halogens is 1. The Kier molecular flexibility index (Phi) is 5.21. The number of para-hydroxylation sites is 3. The molecule has 3 aromatic rings. The fourth-order valence-corrected chi connectivity index (χ4v) is 3.02. The van der Waals surface area contributed by atoms with Gasteiger partial charge in [0.05, 0.1) is 16.7 Å². The summed E-state index contributed by atoms with van der Waals surface area (Å²) < 4.78 is 17.1. The van der Waals surface area contributed by atoms with Crippen LogP contribution in [0.15, 0.2) is 63.2 Å². The Hall–Kier alpha value is -3.22. The van der Waals surface area contributed by atoms with Crippen LogP contribution in [0, 0.1) is 11.7 Å². The highest BCUT2D eigenvalue weighted by atomic mass is 19.1. The Bertz CT molecular complexity index is 1180. The second-order valence-corrected chi connectivity index (χ2v) is 6.70. The smallest absolute Gasteiger partial charge is 0.289 e. The van der Waals surface area contributed by atoms with Gasteiger partial charge in [-0.1, -0.05) is 38.1 Å². The summed E-state index contributed by atoms with van der Waals surface area (Å²) in [5.41, 5.74) is -0.391. The van der Waals surface area contributed by atoms with Gasteiger partial charge in [-0.15, -0.1) is 0 Å². The fraction of sp³-hybridized carbons (Fsp3) is 0.250. The molecule has 7 heteroatoms. The maximum absolute atomic E-state index is 14.5. The zero-order chi connectivity index (χ0) is 19.6. The molecule has 0 unspecified atom stereocenters. The van der Waals surface area contributed by atoms with Crippen LogP contribution in [0.4, 0.5) is 4.39 Å². The lowest BCUT2D eigenvalue weighted by atomic mass is 10.1. The molecule has 0 saturated carbocycles. The fourth-order valence-electron chi connectivity index (χ4n) is 3.02. The monoisotopic (exact) mass is 368 g/mol. The number of hydrogen-bond donors (Lipinski definition) is 1. The van der Waals surface area contributed by atoms with Crippen LogP contribution in [0.3, 0.4) is 0 Å². The van der Waals surface area contributed by atoms with Gasteiger partial charge in [-0.3, -0.25) is 14.2 Å². The van der Waals surface area contributed by atoms with E-state index in [-0.39, 0.29) is 5.69 Å². The van der Waals surface area contributed by atoms with Crippen LogP contribution in [-0.4, -0.2) is 9.13 Å². The second-order valence-electron chi connectivity index (χ2n) is 6.70. The Labute approximate surface area is 155 Å². The highest BCUT2D eigenvalue weighted by Gasteiger charge is 2.15. The van der Waals surface area contributed by atoms with Crippen LogP contribution in [0.25, 0.3) is 16.7 Å². The first kappa shape index (κ1) is 18.6. The predicted molar refractivity (Wildman–Crippen MR) is 103 cm³/mol. The van der Waals surface area contributed by atoms with E-state index in [1.807, 2.05) is 13.8 Å². The van der Waals surface area contributed by atoms with Crippen LogP contribution >= 0.6 is 0 Å². The van der Waals surface area contributed by atoms with E-state index in [1.54, 1.807) is 30.3 Å². The molecule has 140 valence electrons. The van der Waals surface area contributed by atoms with Crippen LogP contribution in [0.1, 0.15) is 20.3 Å². The number of rotatable bonds is 4. The van der Waals surface area contributed by atoms with Crippen molar-refractivity contribution >= 4 is 11.0 Å². The van der Waals surface area contributed by atoms with Gasteiger partial charge in [0.25, 0.3) is 11.1 Å². The molecule has 0 saturated heterocycles. The summed E-state index contributed by atoms with van der Waals surface area (Å²) >= 11 is 0. The third-order valence-electron chi connectivity index (χ3n) is 4.42. The van der Waals surface area contributed by atoms with Gasteiger partial charge in [0.15, 0.2) is 0 Å². The van der Waals surface area contributed by atoms with Gasteiger partial charge in [0.1, 0.15) is 5.82 Å². The molecule has 0 amide bonds. The number of benzene rings is 2. The van der Waals surface area contributed by atoms with Crippen molar-refractivity contribution in [2.45, 2.75) is 26.8 Å². The van der Waals surface area contributed by atoms with Crippen molar-refractivity contribution < 1.29 is 4.39 Å². The van der Waals surface area contributed by atoms with Crippen molar-refractivity contribution in [2.24, 2.45) is 16.9 Å². The number of nitrogens with zero attached hydrogens (tertiary/aromatic N) is 3. The number of aromatic nitrogens is 2. The number of hydrogen-bond acceptors (Lipinski definition) is 4. The van der Waals surface area contributed by atoms with Gasteiger partial charge >= 0.3 is 0 Å². The molecule has 2 N–H and O–H groups in total. The SMILES string of the molecule is CC(C)CCn1c(=O)c(=NN)c(=O)n(-c2ccccc2F)c2ccccc21. The first-order valence-corrected chi connectivity index (χ1v) is 8.73. The molecule has 0 aliphatic heterocycles. The zero-order valence-electron chi connectivity index (χ0n) is 15.2. The summed E-state index contributed by atoms with van der Waals surface area (Å²) in [7, 11) is 0. The standard InChI is InChI=1S/C20H21FN4O2/c1-13(2)11-12-24-16-9-5-6-10-17(16)25(15-8-4-3-7-14(15)21)20(27)18(23-22)19(24)26/h3-10,13H,11-12,22H2,1-2H3. The molecule has 6 nitrogen and oxygen atoms in total. The average Bonchev–Trinajstić information content (AvgIpc) is 2.73.